The molecule has 1 atom stereocenters. The second kappa shape index (κ2) is 5.06. The van der Waals surface area contributed by atoms with Crippen LogP contribution in [0, 0.1) is 0 Å². The minimum absolute atomic E-state index is 0.574. The number of hydrogen-bond acceptors (Lipinski definition) is 2. The summed E-state index contributed by atoms with van der Waals surface area (Å²) in [7, 11) is 0. The average molecular weight is 117 g/mol. The van der Waals surface area contributed by atoms with Crippen molar-refractivity contribution in [2.75, 3.05) is 6.61 Å². The van der Waals surface area contributed by atoms with Gasteiger partial charge in [0.25, 0.3) is 0 Å². The molecule has 0 radical (unpaired) electrons. The van der Waals surface area contributed by atoms with Crippen LogP contribution in [0.3, 0.4) is 0 Å². The molecular weight excluding hydrogens is 102 g/mol. The van der Waals surface area contributed by atoms with Gasteiger partial charge in [-0.25, -0.2) is 0 Å². The largest absolute Gasteiger partial charge is 0.301 e. The maximum atomic E-state index is 4.81. The molecule has 1 rings (SSSR count). The van der Waals surface area contributed by atoms with Gasteiger partial charge in [-0.3, -0.25) is 0 Å². The fourth-order valence-corrected chi connectivity index (χ4v) is 0.496. The van der Waals surface area contributed by atoms with E-state index in [1.807, 2.05) is 13.8 Å². The van der Waals surface area contributed by atoms with Crippen LogP contribution >= 0.6 is 0 Å². The van der Waals surface area contributed by atoms with E-state index in [9.17, 15) is 0 Å². The summed E-state index contributed by atoms with van der Waals surface area (Å²) in [4.78, 5) is 4.81. The van der Waals surface area contributed by atoms with Gasteiger partial charge in [0, 0.05) is 6.04 Å². The Labute approximate surface area is 51.2 Å². The van der Waals surface area contributed by atoms with Crippen LogP contribution < -0.4 is 5.48 Å². The van der Waals surface area contributed by atoms with Crippen LogP contribution in [0.4, 0.5) is 0 Å². The third-order valence-electron chi connectivity index (χ3n) is 0.937. The Hall–Kier alpha value is -0.0800. The second-order valence-electron chi connectivity index (χ2n) is 1.66. The van der Waals surface area contributed by atoms with Crippen LogP contribution in [0.15, 0.2) is 0 Å². The van der Waals surface area contributed by atoms with Crippen molar-refractivity contribution >= 4 is 0 Å². The maximum absolute atomic E-state index is 4.81. The van der Waals surface area contributed by atoms with Crippen LogP contribution in [0.25, 0.3) is 0 Å². The first-order valence-corrected chi connectivity index (χ1v) is 3.27. The zero-order chi connectivity index (χ0) is 6.41. The zero-order valence-electron chi connectivity index (χ0n) is 5.90. The highest BCUT2D eigenvalue weighted by atomic mass is 16.7. The molecule has 1 N–H and O–H groups in total. The van der Waals surface area contributed by atoms with E-state index in [1.54, 1.807) is 0 Å². The molecule has 0 bridgehead atoms. The minimum Gasteiger partial charge on any atom is -0.301 e. The molecule has 0 spiro atoms. The first-order chi connectivity index (χ1) is 3.89. The van der Waals surface area contributed by atoms with Crippen molar-refractivity contribution in [1.29, 1.82) is 0 Å². The van der Waals surface area contributed by atoms with Gasteiger partial charge in [-0.1, -0.05) is 13.8 Å². The van der Waals surface area contributed by atoms with E-state index >= 15 is 0 Å². The molecule has 2 heteroatoms. The Morgan fingerprint density at radius 1 is 1.50 bits per heavy atom. The molecule has 1 heterocycles. The van der Waals surface area contributed by atoms with Crippen molar-refractivity contribution in [3.05, 3.63) is 0 Å². The van der Waals surface area contributed by atoms with E-state index in [4.69, 9.17) is 4.84 Å². The van der Waals surface area contributed by atoms with Gasteiger partial charge in [-0.05, 0) is 13.3 Å². The maximum Gasteiger partial charge on any atom is 0.0697 e. The summed E-state index contributed by atoms with van der Waals surface area (Å²) in [6, 6.07) is 0.574. The highest BCUT2D eigenvalue weighted by Crippen LogP contribution is 1.96. The highest BCUT2D eigenvalue weighted by molar-refractivity contribution is 4.57. The number of nitrogens with one attached hydrogen (secondary N) is 1. The van der Waals surface area contributed by atoms with Gasteiger partial charge in [0.15, 0.2) is 0 Å². The Bertz CT molecular complexity index is 41.8. The molecular formula is C6H15NO. The minimum atomic E-state index is 0.574. The molecule has 0 amide bonds. The third kappa shape index (κ3) is 2.99. The van der Waals surface area contributed by atoms with Crippen molar-refractivity contribution in [1.82, 2.24) is 5.48 Å². The highest BCUT2D eigenvalue weighted by Gasteiger charge is 2.06. The molecule has 0 aliphatic carbocycles. The van der Waals surface area contributed by atoms with E-state index < -0.39 is 0 Å². The monoisotopic (exact) mass is 117 g/mol. The topological polar surface area (TPSA) is 21.3 Å². The van der Waals surface area contributed by atoms with Crippen molar-refractivity contribution in [3.63, 3.8) is 0 Å². The lowest BCUT2D eigenvalue weighted by Gasteiger charge is -1.92. The molecule has 2 nitrogen and oxygen atoms in total. The SMILES string of the molecule is CC.CC1CCON1. The summed E-state index contributed by atoms with van der Waals surface area (Å²) in [6.45, 7) is 6.98. The van der Waals surface area contributed by atoms with Crippen LogP contribution in [0.2, 0.25) is 0 Å². The molecule has 1 unspecified atom stereocenters. The Morgan fingerprint density at radius 3 is 2.25 bits per heavy atom. The van der Waals surface area contributed by atoms with E-state index in [-0.39, 0.29) is 0 Å². The van der Waals surface area contributed by atoms with Gasteiger partial charge < -0.3 is 4.84 Å². The van der Waals surface area contributed by atoms with E-state index in [2.05, 4.69) is 12.4 Å². The molecule has 8 heavy (non-hydrogen) atoms. The van der Waals surface area contributed by atoms with Crippen LogP contribution in [-0.4, -0.2) is 12.6 Å². The summed E-state index contributed by atoms with van der Waals surface area (Å²) in [5.41, 5.74) is 2.82. The third-order valence-corrected chi connectivity index (χ3v) is 0.937. The predicted octanol–water partition coefficient (Wildman–Crippen LogP) is 1.33. The second-order valence-corrected chi connectivity index (χ2v) is 1.66. The van der Waals surface area contributed by atoms with Crippen LogP contribution in [-0.2, 0) is 4.84 Å². The molecule has 1 aliphatic heterocycles. The molecule has 0 aromatic carbocycles. The number of hydroxylamine groups is 1. The van der Waals surface area contributed by atoms with Gasteiger partial charge in [0.05, 0.1) is 6.61 Å². The van der Waals surface area contributed by atoms with E-state index in [0.29, 0.717) is 6.04 Å². The van der Waals surface area contributed by atoms with Gasteiger partial charge in [-0.15, -0.1) is 0 Å². The smallest absolute Gasteiger partial charge is 0.0697 e. The Kier molecular flexibility index (Phi) is 5.01. The molecule has 0 aromatic rings. The molecule has 1 saturated heterocycles. The lowest BCUT2D eigenvalue weighted by molar-refractivity contribution is 0.0908. The van der Waals surface area contributed by atoms with Crippen LogP contribution in [0.1, 0.15) is 27.2 Å². The Morgan fingerprint density at radius 2 is 2.12 bits per heavy atom. The first-order valence-electron chi connectivity index (χ1n) is 3.27. The molecule has 1 fully saturated rings. The zero-order valence-corrected chi connectivity index (χ0v) is 5.90. The summed E-state index contributed by atoms with van der Waals surface area (Å²) < 4.78 is 0. The van der Waals surface area contributed by atoms with Gasteiger partial charge in [-0.2, -0.15) is 5.48 Å². The van der Waals surface area contributed by atoms with Crippen molar-refractivity contribution < 1.29 is 4.84 Å². The fourth-order valence-electron chi connectivity index (χ4n) is 0.496. The fraction of sp³-hybridized carbons (Fsp3) is 1.00. The summed E-state index contributed by atoms with van der Waals surface area (Å²) in [5.74, 6) is 0. The summed E-state index contributed by atoms with van der Waals surface area (Å²) >= 11 is 0. The number of rotatable bonds is 0. The molecule has 0 aromatic heterocycles. The first kappa shape index (κ1) is 7.92. The van der Waals surface area contributed by atoms with Crippen LogP contribution in [0.5, 0.6) is 0 Å². The lowest BCUT2D eigenvalue weighted by atomic mass is 10.3. The summed E-state index contributed by atoms with van der Waals surface area (Å²) in [5, 5.41) is 0. The van der Waals surface area contributed by atoms with Gasteiger partial charge >= 0.3 is 0 Å². The van der Waals surface area contributed by atoms with Crippen molar-refractivity contribution in [2.45, 2.75) is 33.2 Å². The summed E-state index contributed by atoms with van der Waals surface area (Å²) in [6.07, 6.45) is 1.15. The Balaban J connectivity index is 0.000000222. The quantitative estimate of drug-likeness (QED) is 0.516. The molecule has 50 valence electrons. The standard InChI is InChI=1S/C4H9NO.C2H6/c1-4-2-3-6-5-4;1-2/h4-5H,2-3H2,1H3;1-2H3. The lowest BCUT2D eigenvalue weighted by Crippen LogP contribution is -2.14. The average Bonchev–Trinajstić information content (AvgIpc) is 2.24. The predicted molar refractivity (Wildman–Crippen MR) is 34.5 cm³/mol. The van der Waals surface area contributed by atoms with Gasteiger partial charge in [0.1, 0.15) is 0 Å². The van der Waals surface area contributed by atoms with E-state index in [0.717, 1.165) is 13.0 Å². The molecule has 1 aliphatic rings. The molecule has 0 saturated carbocycles. The van der Waals surface area contributed by atoms with E-state index in [1.165, 1.54) is 0 Å². The normalized spacial score (nSPS) is 26.6. The van der Waals surface area contributed by atoms with Crippen molar-refractivity contribution in [3.8, 4) is 0 Å². The van der Waals surface area contributed by atoms with Gasteiger partial charge in [0.2, 0.25) is 0 Å². The number of hydrogen-bond donors (Lipinski definition) is 1. The van der Waals surface area contributed by atoms with Crippen molar-refractivity contribution in [2.24, 2.45) is 0 Å².